The van der Waals surface area contributed by atoms with Crippen LogP contribution in [0.4, 0.5) is 11.4 Å². The minimum Gasteiger partial charge on any atom is -0.508 e. The van der Waals surface area contributed by atoms with Gasteiger partial charge in [-0.3, -0.25) is 0 Å². The van der Waals surface area contributed by atoms with Crippen molar-refractivity contribution in [2.45, 2.75) is 12.5 Å². The minimum absolute atomic E-state index is 0.150. The molecular weight excluding hydrogens is 375 g/mol. The van der Waals surface area contributed by atoms with Crippen molar-refractivity contribution >= 4 is 40.5 Å². The van der Waals surface area contributed by atoms with Crippen LogP contribution in [0, 0.1) is 0 Å². The van der Waals surface area contributed by atoms with Crippen LogP contribution >= 0.6 is 23.2 Å². The van der Waals surface area contributed by atoms with Gasteiger partial charge in [-0.05, 0) is 29.8 Å². The molecule has 0 aliphatic carbocycles. The lowest BCUT2D eigenvalue weighted by molar-refractivity contribution is -0.137. The van der Waals surface area contributed by atoms with Crippen LogP contribution in [0.25, 0.3) is 0 Å². The number of benzene rings is 2. The Morgan fingerprint density at radius 2 is 1.65 bits per heavy atom. The number of carbonyl (C=O) groups is 1. The summed E-state index contributed by atoms with van der Waals surface area (Å²) in [5.74, 6) is 0.0909. The number of carboxylic acid groups (broad SMARTS) is 1. The SMILES string of the molecule is O=C(O)C(Cc1ccc(O)cc1)Nc1ccccc1N(CCCl)CCCl. The van der Waals surface area contributed by atoms with Crippen molar-refractivity contribution in [2.24, 2.45) is 0 Å². The largest absolute Gasteiger partial charge is 0.508 e. The lowest BCUT2D eigenvalue weighted by Gasteiger charge is -2.27. The van der Waals surface area contributed by atoms with Crippen LogP contribution in [0.3, 0.4) is 0 Å². The number of alkyl halides is 2. The maximum absolute atomic E-state index is 11.7. The first kappa shape index (κ1) is 20.2. The van der Waals surface area contributed by atoms with E-state index in [1.165, 1.54) is 0 Å². The van der Waals surface area contributed by atoms with Gasteiger partial charge in [-0.2, -0.15) is 0 Å². The Balaban J connectivity index is 2.22. The van der Waals surface area contributed by atoms with E-state index in [-0.39, 0.29) is 12.2 Å². The summed E-state index contributed by atoms with van der Waals surface area (Å²) in [4.78, 5) is 13.8. The average molecular weight is 397 g/mol. The standard InChI is InChI=1S/C19H22Cl2N2O3/c20-9-11-23(12-10-21)18-4-2-1-3-16(18)22-17(19(25)26)13-14-5-7-15(24)8-6-14/h1-8,17,22,24H,9-13H2,(H,25,26). The monoisotopic (exact) mass is 396 g/mol. The zero-order chi connectivity index (χ0) is 18.9. The molecule has 0 fully saturated rings. The summed E-state index contributed by atoms with van der Waals surface area (Å²) in [5, 5.41) is 22.1. The van der Waals surface area contributed by atoms with Crippen molar-refractivity contribution in [3.63, 3.8) is 0 Å². The van der Waals surface area contributed by atoms with Crippen molar-refractivity contribution < 1.29 is 15.0 Å². The van der Waals surface area contributed by atoms with E-state index in [1.807, 2.05) is 29.2 Å². The van der Waals surface area contributed by atoms with E-state index in [0.717, 1.165) is 11.3 Å². The van der Waals surface area contributed by atoms with Crippen LogP contribution in [-0.4, -0.2) is 47.1 Å². The van der Waals surface area contributed by atoms with E-state index < -0.39 is 12.0 Å². The summed E-state index contributed by atoms with van der Waals surface area (Å²) in [6.07, 6.45) is 0.287. The number of nitrogens with one attached hydrogen (secondary N) is 1. The van der Waals surface area contributed by atoms with Crippen molar-refractivity contribution in [2.75, 3.05) is 35.1 Å². The van der Waals surface area contributed by atoms with Crippen molar-refractivity contribution in [1.82, 2.24) is 0 Å². The van der Waals surface area contributed by atoms with Gasteiger partial charge in [-0.15, -0.1) is 23.2 Å². The molecule has 5 nitrogen and oxygen atoms in total. The lowest BCUT2D eigenvalue weighted by atomic mass is 10.1. The molecule has 3 N–H and O–H groups in total. The molecule has 0 radical (unpaired) electrons. The molecular formula is C19H22Cl2N2O3. The van der Waals surface area contributed by atoms with Gasteiger partial charge in [0.2, 0.25) is 0 Å². The molecule has 0 amide bonds. The Morgan fingerprint density at radius 3 is 2.23 bits per heavy atom. The van der Waals surface area contributed by atoms with Crippen molar-refractivity contribution in [3.05, 3.63) is 54.1 Å². The van der Waals surface area contributed by atoms with Crippen LogP contribution in [-0.2, 0) is 11.2 Å². The molecule has 1 unspecified atom stereocenters. The summed E-state index contributed by atoms with van der Waals surface area (Å²) < 4.78 is 0. The van der Waals surface area contributed by atoms with Crippen molar-refractivity contribution in [1.29, 1.82) is 0 Å². The molecule has 0 saturated carbocycles. The fraction of sp³-hybridized carbons (Fsp3) is 0.316. The number of hydrogen-bond donors (Lipinski definition) is 3. The normalized spacial score (nSPS) is 11.8. The zero-order valence-corrected chi connectivity index (χ0v) is 15.7. The summed E-state index contributed by atoms with van der Waals surface area (Å²) in [6, 6.07) is 13.2. The smallest absolute Gasteiger partial charge is 0.326 e. The number of phenols is 1. The fourth-order valence-corrected chi connectivity index (χ4v) is 3.09. The number of halogens is 2. The second kappa shape index (κ2) is 10.1. The quantitative estimate of drug-likeness (QED) is 0.532. The van der Waals surface area contributed by atoms with Crippen LogP contribution in [0.15, 0.2) is 48.5 Å². The van der Waals surface area contributed by atoms with Gasteiger partial charge in [0.15, 0.2) is 0 Å². The molecule has 0 aromatic heterocycles. The molecule has 0 aliphatic rings. The van der Waals surface area contributed by atoms with Gasteiger partial charge >= 0.3 is 5.97 Å². The lowest BCUT2D eigenvalue weighted by Crippen LogP contribution is -2.33. The Kier molecular flexibility index (Phi) is 7.88. The molecule has 2 aromatic carbocycles. The van der Waals surface area contributed by atoms with Gasteiger partial charge in [0.25, 0.3) is 0 Å². The molecule has 1 atom stereocenters. The third-order valence-corrected chi connectivity index (χ3v) is 4.30. The number of anilines is 2. The molecule has 0 aliphatic heterocycles. The Hall–Kier alpha value is -2.11. The number of hydrogen-bond acceptors (Lipinski definition) is 4. The minimum atomic E-state index is -0.950. The van der Waals surface area contributed by atoms with Gasteiger partial charge < -0.3 is 20.4 Å². The molecule has 2 rings (SSSR count). The van der Waals surface area contributed by atoms with Crippen LogP contribution in [0.5, 0.6) is 5.75 Å². The molecule has 0 saturated heterocycles. The van der Waals surface area contributed by atoms with E-state index in [4.69, 9.17) is 23.2 Å². The molecule has 26 heavy (non-hydrogen) atoms. The predicted octanol–water partition coefficient (Wildman–Crippen LogP) is 3.78. The predicted molar refractivity (Wildman–Crippen MR) is 107 cm³/mol. The van der Waals surface area contributed by atoms with Crippen LogP contribution in [0.2, 0.25) is 0 Å². The van der Waals surface area contributed by atoms with E-state index in [0.29, 0.717) is 30.5 Å². The van der Waals surface area contributed by atoms with E-state index in [1.54, 1.807) is 24.3 Å². The van der Waals surface area contributed by atoms with Gasteiger partial charge in [-0.1, -0.05) is 24.3 Å². The number of phenolic OH excluding ortho intramolecular Hbond substituents is 1. The number of para-hydroxylation sites is 2. The van der Waals surface area contributed by atoms with Crippen LogP contribution < -0.4 is 10.2 Å². The molecule has 7 heteroatoms. The zero-order valence-electron chi connectivity index (χ0n) is 14.2. The van der Waals surface area contributed by atoms with Gasteiger partial charge in [0, 0.05) is 31.3 Å². The molecule has 0 spiro atoms. The van der Waals surface area contributed by atoms with E-state index in [9.17, 15) is 15.0 Å². The third-order valence-electron chi connectivity index (χ3n) is 3.96. The topological polar surface area (TPSA) is 72.8 Å². The second-order valence-electron chi connectivity index (χ2n) is 5.79. The molecule has 2 aromatic rings. The molecule has 0 bridgehead atoms. The fourth-order valence-electron chi connectivity index (χ4n) is 2.68. The second-order valence-corrected chi connectivity index (χ2v) is 6.54. The van der Waals surface area contributed by atoms with Crippen LogP contribution in [0.1, 0.15) is 5.56 Å². The Morgan fingerprint density at radius 1 is 1.04 bits per heavy atom. The highest BCUT2D eigenvalue weighted by Gasteiger charge is 2.20. The summed E-state index contributed by atoms with van der Waals surface area (Å²) in [6.45, 7) is 1.23. The Labute approximate surface area is 163 Å². The number of aliphatic carboxylic acids is 1. The number of rotatable bonds is 10. The average Bonchev–Trinajstić information content (AvgIpc) is 2.63. The van der Waals surface area contributed by atoms with Gasteiger partial charge in [0.1, 0.15) is 11.8 Å². The van der Waals surface area contributed by atoms with Gasteiger partial charge in [0.05, 0.1) is 11.4 Å². The summed E-state index contributed by atoms with van der Waals surface area (Å²) in [5.41, 5.74) is 2.40. The first-order valence-corrected chi connectivity index (χ1v) is 9.35. The highest BCUT2D eigenvalue weighted by molar-refractivity contribution is 6.18. The summed E-state index contributed by atoms with van der Waals surface area (Å²) >= 11 is 11.8. The highest BCUT2D eigenvalue weighted by atomic mass is 35.5. The number of aromatic hydroxyl groups is 1. The van der Waals surface area contributed by atoms with Crippen molar-refractivity contribution in [3.8, 4) is 5.75 Å². The molecule has 140 valence electrons. The maximum atomic E-state index is 11.7. The Bertz CT molecular complexity index is 704. The maximum Gasteiger partial charge on any atom is 0.326 e. The first-order chi connectivity index (χ1) is 12.5. The van der Waals surface area contributed by atoms with Gasteiger partial charge in [-0.25, -0.2) is 4.79 Å². The first-order valence-electron chi connectivity index (χ1n) is 8.28. The highest BCUT2D eigenvalue weighted by Crippen LogP contribution is 2.27. The van der Waals surface area contributed by atoms with E-state index in [2.05, 4.69) is 5.32 Å². The summed E-state index contributed by atoms with van der Waals surface area (Å²) in [7, 11) is 0. The van der Waals surface area contributed by atoms with E-state index >= 15 is 0 Å². The number of carboxylic acids is 1. The third kappa shape index (κ3) is 5.71. The molecule has 0 heterocycles. The number of nitrogens with zero attached hydrogens (tertiary/aromatic N) is 1.